The second-order valence-corrected chi connectivity index (χ2v) is 15.7. The van der Waals surface area contributed by atoms with Gasteiger partial charge in [0.15, 0.2) is 0 Å². The number of nitrogens with zero attached hydrogens (tertiary/aromatic N) is 2. The molecule has 0 radical (unpaired) electrons. The summed E-state index contributed by atoms with van der Waals surface area (Å²) in [5.74, 6) is 1.94. The number of hydrogen-bond donors (Lipinski definition) is 0. The van der Waals surface area contributed by atoms with Gasteiger partial charge in [-0.3, -0.25) is 0 Å². The molecular formula is C38H51ClN2O6. The molecule has 0 aromatic heterocycles. The van der Waals surface area contributed by atoms with Gasteiger partial charge < -0.3 is 28.7 Å². The van der Waals surface area contributed by atoms with E-state index in [9.17, 15) is 9.59 Å². The molecule has 1 amide bonds. The van der Waals surface area contributed by atoms with Crippen molar-refractivity contribution in [3.63, 3.8) is 0 Å². The van der Waals surface area contributed by atoms with Gasteiger partial charge in [-0.15, -0.1) is 0 Å². The highest BCUT2D eigenvalue weighted by Gasteiger charge is 2.45. The van der Waals surface area contributed by atoms with Crippen molar-refractivity contribution >= 4 is 29.4 Å². The first-order chi connectivity index (χ1) is 22.4. The number of halogens is 1. The summed E-state index contributed by atoms with van der Waals surface area (Å²) in [5, 5.41) is 0.776. The lowest BCUT2D eigenvalue weighted by Crippen LogP contribution is -2.50. The summed E-state index contributed by atoms with van der Waals surface area (Å²) in [7, 11) is 3.25. The molecule has 2 aliphatic carbocycles. The van der Waals surface area contributed by atoms with E-state index in [-0.39, 0.29) is 23.6 Å². The van der Waals surface area contributed by atoms with Gasteiger partial charge in [0.2, 0.25) is 0 Å². The van der Waals surface area contributed by atoms with Gasteiger partial charge in [-0.05, 0) is 131 Å². The Kier molecular flexibility index (Phi) is 10.0. The van der Waals surface area contributed by atoms with Gasteiger partial charge in [0.1, 0.15) is 11.4 Å². The monoisotopic (exact) mass is 666 g/mol. The number of methoxy groups -OCH3 is 1. The molecule has 2 aliphatic heterocycles. The molecule has 4 aliphatic rings. The van der Waals surface area contributed by atoms with Crippen LogP contribution in [0.4, 0.5) is 10.5 Å². The number of benzene rings is 2. The van der Waals surface area contributed by atoms with Gasteiger partial charge in [0.05, 0.1) is 31.1 Å². The summed E-state index contributed by atoms with van der Waals surface area (Å²) in [6.45, 7) is 9.42. The summed E-state index contributed by atoms with van der Waals surface area (Å²) in [4.78, 5) is 29.3. The molecule has 2 aromatic carbocycles. The molecular weight excluding hydrogens is 616 g/mol. The van der Waals surface area contributed by atoms with Crippen molar-refractivity contribution in [1.82, 2.24) is 4.90 Å². The SMILES string of the molecule is COC(=O)c1ccc2c(c1)N(C[C@@H]1CC[C@H]1[C@@H]1C[C@H](CCN(C)C(=O)OC(C)(C)C)CCO1)C[C@@]1(CCCc3cc(Cl)ccc31)CO2. The molecule has 0 unspecified atom stereocenters. The van der Waals surface area contributed by atoms with Crippen LogP contribution in [0.2, 0.25) is 5.02 Å². The summed E-state index contributed by atoms with van der Waals surface area (Å²) in [5.41, 5.74) is 3.47. The molecule has 2 heterocycles. The number of amides is 1. The number of carbonyl (C=O) groups is 2. The van der Waals surface area contributed by atoms with Crippen molar-refractivity contribution in [2.45, 2.75) is 89.3 Å². The molecule has 8 nitrogen and oxygen atoms in total. The van der Waals surface area contributed by atoms with Crippen LogP contribution < -0.4 is 9.64 Å². The predicted molar refractivity (Wildman–Crippen MR) is 184 cm³/mol. The number of hydrogen-bond acceptors (Lipinski definition) is 7. The smallest absolute Gasteiger partial charge is 0.410 e. The van der Waals surface area contributed by atoms with E-state index in [1.165, 1.54) is 18.2 Å². The Hall–Kier alpha value is -2.97. The molecule has 0 bridgehead atoms. The van der Waals surface area contributed by atoms with Crippen molar-refractivity contribution in [3.05, 3.63) is 58.1 Å². The van der Waals surface area contributed by atoms with Crippen LogP contribution in [-0.2, 0) is 26.0 Å². The maximum atomic E-state index is 12.6. The number of anilines is 1. The van der Waals surface area contributed by atoms with E-state index in [0.29, 0.717) is 36.5 Å². The fourth-order valence-electron chi connectivity index (χ4n) is 8.22. The van der Waals surface area contributed by atoms with E-state index in [1.54, 1.807) is 11.0 Å². The molecule has 6 rings (SSSR count). The molecule has 47 heavy (non-hydrogen) atoms. The van der Waals surface area contributed by atoms with Crippen LogP contribution in [0.5, 0.6) is 5.75 Å². The van der Waals surface area contributed by atoms with Crippen molar-refractivity contribution < 1.29 is 28.5 Å². The summed E-state index contributed by atoms with van der Waals surface area (Å²) < 4.78 is 23.7. The number of ether oxygens (including phenoxy) is 4. The first kappa shape index (κ1) is 33.9. The lowest BCUT2D eigenvalue weighted by Gasteiger charge is -2.48. The molecule has 256 valence electrons. The standard InChI is InChI=1S/C38H51ClN2O6/c1-37(2,3)47-36(43)40(4)17-14-25-15-18-45-34(19-25)30-11-8-28(30)22-41-23-38(16-6-7-26-20-29(39)10-12-31(26)38)24-46-33-13-9-27(21-32(33)41)35(42)44-5/h9-10,12-13,20-21,25,28,30,34H,6-8,11,14-19,22-24H2,1-5H3/t25-,28+,30-,34+,38+/m1/s1. The highest BCUT2D eigenvalue weighted by molar-refractivity contribution is 6.30. The minimum absolute atomic E-state index is 0.172. The third kappa shape index (κ3) is 7.54. The maximum absolute atomic E-state index is 12.6. The van der Waals surface area contributed by atoms with Gasteiger partial charge in [-0.25, -0.2) is 9.59 Å². The van der Waals surface area contributed by atoms with Crippen LogP contribution in [0.3, 0.4) is 0 Å². The van der Waals surface area contributed by atoms with E-state index in [2.05, 4.69) is 17.0 Å². The average molecular weight is 667 g/mol. The van der Waals surface area contributed by atoms with Crippen LogP contribution in [-0.4, -0.2) is 75.7 Å². The Balaban J connectivity index is 1.19. The van der Waals surface area contributed by atoms with E-state index >= 15 is 0 Å². The molecule has 0 N–H and O–H groups in total. The minimum atomic E-state index is -0.497. The Labute approximate surface area is 285 Å². The average Bonchev–Trinajstić information content (AvgIpc) is 3.17. The highest BCUT2D eigenvalue weighted by atomic mass is 35.5. The number of esters is 1. The third-order valence-corrected chi connectivity index (χ3v) is 11.1. The molecule has 9 heteroatoms. The van der Waals surface area contributed by atoms with E-state index in [4.69, 9.17) is 30.5 Å². The second-order valence-electron chi connectivity index (χ2n) is 15.3. The first-order valence-electron chi connectivity index (χ1n) is 17.4. The topological polar surface area (TPSA) is 77.5 Å². The first-order valence-corrected chi connectivity index (χ1v) is 17.8. The normalized spacial score (nSPS) is 27.1. The largest absolute Gasteiger partial charge is 0.490 e. The number of carbonyl (C=O) groups excluding carboxylic acids is 2. The Morgan fingerprint density at radius 3 is 2.70 bits per heavy atom. The molecule has 1 spiro atoms. The molecule has 1 saturated carbocycles. The zero-order valence-corrected chi connectivity index (χ0v) is 29.4. The number of fused-ring (bicyclic) bond motifs is 3. The Morgan fingerprint density at radius 1 is 1.13 bits per heavy atom. The maximum Gasteiger partial charge on any atom is 0.410 e. The molecule has 1 saturated heterocycles. The second kappa shape index (κ2) is 13.9. The van der Waals surface area contributed by atoms with Crippen LogP contribution >= 0.6 is 11.6 Å². The van der Waals surface area contributed by atoms with Crippen LogP contribution in [0.15, 0.2) is 36.4 Å². The fraction of sp³-hybridized carbons (Fsp3) is 0.632. The zero-order valence-electron chi connectivity index (χ0n) is 28.7. The van der Waals surface area contributed by atoms with Gasteiger partial charge >= 0.3 is 12.1 Å². The van der Waals surface area contributed by atoms with Crippen LogP contribution in [0.1, 0.15) is 87.2 Å². The van der Waals surface area contributed by atoms with Crippen molar-refractivity contribution in [2.75, 3.05) is 51.9 Å². The Morgan fingerprint density at radius 2 is 1.96 bits per heavy atom. The van der Waals surface area contributed by atoms with E-state index < -0.39 is 5.60 Å². The van der Waals surface area contributed by atoms with Crippen molar-refractivity contribution in [2.24, 2.45) is 17.8 Å². The van der Waals surface area contributed by atoms with Gasteiger partial charge in [0, 0.05) is 43.7 Å². The Bertz CT molecular complexity index is 1460. The number of rotatable bonds is 7. The lowest BCUT2D eigenvalue weighted by molar-refractivity contribution is -0.0839. The van der Waals surface area contributed by atoms with Crippen molar-refractivity contribution in [1.29, 1.82) is 0 Å². The van der Waals surface area contributed by atoms with Crippen molar-refractivity contribution in [3.8, 4) is 5.75 Å². The zero-order chi connectivity index (χ0) is 33.3. The minimum Gasteiger partial charge on any atom is -0.490 e. The quantitative estimate of drug-likeness (QED) is 0.281. The summed E-state index contributed by atoms with van der Waals surface area (Å²) in [6.07, 6.45) is 8.40. The van der Waals surface area contributed by atoms with Gasteiger partial charge in [0.25, 0.3) is 0 Å². The van der Waals surface area contributed by atoms with Gasteiger partial charge in [-0.1, -0.05) is 17.7 Å². The van der Waals surface area contributed by atoms with Crippen LogP contribution in [0, 0.1) is 17.8 Å². The molecule has 2 fully saturated rings. The predicted octanol–water partition coefficient (Wildman–Crippen LogP) is 7.68. The third-order valence-electron chi connectivity index (χ3n) is 10.9. The van der Waals surface area contributed by atoms with Crippen LogP contribution in [0.25, 0.3) is 0 Å². The summed E-state index contributed by atoms with van der Waals surface area (Å²) in [6, 6.07) is 12.0. The number of aryl methyl sites for hydroxylation is 1. The van der Waals surface area contributed by atoms with E-state index in [1.807, 2.05) is 46.0 Å². The summed E-state index contributed by atoms with van der Waals surface area (Å²) >= 11 is 6.45. The lowest BCUT2D eigenvalue weighted by atomic mass is 9.67. The van der Waals surface area contributed by atoms with Gasteiger partial charge in [-0.2, -0.15) is 0 Å². The highest BCUT2D eigenvalue weighted by Crippen LogP contribution is 2.48. The molecule has 5 atom stereocenters. The fourth-order valence-corrected chi connectivity index (χ4v) is 8.42. The van der Waals surface area contributed by atoms with E-state index in [0.717, 1.165) is 87.5 Å². The molecule has 2 aromatic rings.